The molecule has 0 aliphatic heterocycles. The van der Waals surface area contributed by atoms with Crippen molar-refractivity contribution < 1.29 is 5.11 Å². The van der Waals surface area contributed by atoms with Gasteiger partial charge < -0.3 is 10.8 Å². The number of nitrogen functional groups attached to an aromatic ring is 1. The van der Waals surface area contributed by atoms with Crippen LogP contribution in [0.25, 0.3) is 10.8 Å². The second-order valence-electron chi connectivity index (χ2n) is 5.54. The second kappa shape index (κ2) is 5.23. The minimum absolute atomic E-state index is 0.643. The van der Waals surface area contributed by atoms with Crippen LogP contribution in [0.2, 0.25) is 0 Å². The van der Waals surface area contributed by atoms with Gasteiger partial charge in [-0.1, -0.05) is 48.5 Å². The average molecular weight is 277 g/mol. The van der Waals surface area contributed by atoms with Crippen molar-refractivity contribution in [3.8, 4) is 0 Å². The molecular formula is C19H19NO. The van der Waals surface area contributed by atoms with Crippen molar-refractivity contribution in [1.82, 2.24) is 0 Å². The Morgan fingerprint density at radius 3 is 2.43 bits per heavy atom. The standard InChI is InChI=1S/C19H19NO/c1-12-7-8-14-5-3-4-6-16(14)18(12)19(21)15-9-10-17(20)13(2)11-15/h3-11,19,21H,20H2,1-2H3/t19-/m0/s1. The molecular weight excluding hydrogens is 258 g/mol. The summed E-state index contributed by atoms with van der Waals surface area (Å²) in [6.07, 6.45) is -0.643. The van der Waals surface area contributed by atoms with E-state index in [2.05, 4.69) is 24.3 Å². The van der Waals surface area contributed by atoms with Gasteiger partial charge >= 0.3 is 0 Å². The molecule has 1 atom stereocenters. The molecule has 0 radical (unpaired) electrons. The Labute approximate surface area is 124 Å². The highest BCUT2D eigenvalue weighted by Gasteiger charge is 2.16. The lowest BCUT2D eigenvalue weighted by Crippen LogP contribution is -2.04. The number of benzene rings is 3. The number of nitrogens with two attached hydrogens (primary N) is 1. The highest BCUT2D eigenvalue weighted by atomic mass is 16.3. The van der Waals surface area contributed by atoms with Crippen LogP contribution in [0.5, 0.6) is 0 Å². The molecule has 0 bridgehead atoms. The number of rotatable bonds is 2. The highest BCUT2D eigenvalue weighted by Crippen LogP contribution is 2.32. The van der Waals surface area contributed by atoms with Crippen molar-refractivity contribution in [3.05, 3.63) is 76.9 Å². The fourth-order valence-corrected chi connectivity index (χ4v) is 2.80. The molecule has 0 aliphatic rings. The van der Waals surface area contributed by atoms with Crippen LogP contribution in [0.15, 0.2) is 54.6 Å². The summed E-state index contributed by atoms with van der Waals surface area (Å²) in [4.78, 5) is 0. The molecule has 0 fully saturated rings. The second-order valence-corrected chi connectivity index (χ2v) is 5.54. The first-order chi connectivity index (χ1) is 10.1. The topological polar surface area (TPSA) is 46.2 Å². The number of fused-ring (bicyclic) bond motifs is 1. The average Bonchev–Trinajstić information content (AvgIpc) is 2.49. The molecule has 0 spiro atoms. The number of aryl methyl sites for hydroxylation is 2. The molecule has 0 heterocycles. The molecule has 0 aliphatic carbocycles. The molecule has 3 aromatic rings. The van der Waals surface area contributed by atoms with Crippen LogP contribution in [-0.2, 0) is 0 Å². The highest BCUT2D eigenvalue weighted by molar-refractivity contribution is 5.87. The predicted octanol–water partition coefficient (Wildman–Crippen LogP) is 4.12. The summed E-state index contributed by atoms with van der Waals surface area (Å²) in [5.74, 6) is 0. The molecule has 2 heteroatoms. The Bertz CT molecular complexity index is 808. The Balaban J connectivity index is 2.19. The van der Waals surface area contributed by atoms with E-state index in [0.29, 0.717) is 0 Å². The molecule has 0 aromatic heterocycles. The lowest BCUT2D eigenvalue weighted by atomic mass is 9.91. The largest absolute Gasteiger partial charge is 0.399 e. The van der Waals surface area contributed by atoms with E-state index in [4.69, 9.17) is 5.73 Å². The fourth-order valence-electron chi connectivity index (χ4n) is 2.80. The van der Waals surface area contributed by atoms with Gasteiger partial charge in [0.25, 0.3) is 0 Å². The summed E-state index contributed by atoms with van der Waals surface area (Å²) in [6.45, 7) is 4.00. The summed E-state index contributed by atoms with van der Waals surface area (Å²) >= 11 is 0. The van der Waals surface area contributed by atoms with Crippen molar-refractivity contribution in [3.63, 3.8) is 0 Å². The van der Waals surface area contributed by atoms with E-state index in [0.717, 1.165) is 38.7 Å². The van der Waals surface area contributed by atoms with Crippen LogP contribution in [0, 0.1) is 13.8 Å². The van der Waals surface area contributed by atoms with Crippen LogP contribution in [0.4, 0.5) is 5.69 Å². The van der Waals surface area contributed by atoms with E-state index in [1.807, 2.05) is 44.2 Å². The normalized spacial score (nSPS) is 12.5. The summed E-state index contributed by atoms with van der Waals surface area (Å²) in [6, 6.07) is 18.0. The molecule has 21 heavy (non-hydrogen) atoms. The van der Waals surface area contributed by atoms with E-state index in [1.165, 1.54) is 0 Å². The molecule has 3 aromatic carbocycles. The summed E-state index contributed by atoms with van der Waals surface area (Å²) < 4.78 is 0. The molecule has 0 saturated heterocycles. The smallest absolute Gasteiger partial charge is 0.105 e. The Morgan fingerprint density at radius 2 is 1.67 bits per heavy atom. The molecule has 3 N–H and O–H groups in total. The lowest BCUT2D eigenvalue weighted by Gasteiger charge is -2.18. The Morgan fingerprint density at radius 1 is 0.905 bits per heavy atom. The Kier molecular flexibility index (Phi) is 3.40. The first kappa shape index (κ1) is 13.7. The van der Waals surface area contributed by atoms with Gasteiger partial charge in [-0.25, -0.2) is 0 Å². The quantitative estimate of drug-likeness (QED) is 0.692. The third-order valence-corrected chi connectivity index (χ3v) is 4.07. The van der Waals surface area contributed by atoms with Gasteiger partial charge in [-0.3, -0.25) is 0 Å². The zero-order valence-corrected chi connectivity index (χ0v) is 12.3. The van der Waals surface area contributed by atoms with E-state index in [1.54, 1.807) is 0 Å². The summed E-state index contributed by atoms with van der Waals surface area (Å²) in [7, 11) is 0. The zero-order chi connectivity index (χ0) is 15.0. The zero-order valence-electron chi connectivity index (χ0n) is 12.3. The first-order valence-electron chi connectivity index (χ1n) is 7.10. The lowest BCUT2D eigenvalue weighted by molar-refractivity contribution is 0.221. The van der Waals surface area contributed by atoms with Crippen LogP contribution >= 0.6 is 0 Å². The van der Waals surface area contributed by atoms with E-state index in [-0.39, 0.29) is 0 Å². The fraction of sp³-hybridized carbons (Fsp3) is 0.158. The SMILES string of the molecule is Cc1cc([C@H](O)c2c(C)ccc3ccccc23)ccc1N. The van der Waals surface area contributed by atoms with Gasteiger partial charge in [0.05, 0.1) is 0 Å². The molecule has 106 valence electrons. The number of aliphatic hydroxyl groups is 1. The van der Waals surface area contributed by atoms with E-state index in [9.17, 15) is 5.11 Å². The van der Waals surface area contributed by atoms with Crippen molar-refractivity contribution in [1.29, 1.82) is 0 Å². The van der Waals surface area contributed by atoms with Gasteiger partial charge in [-0.05, 0) is 52.9 Å². The van der Waals surface area contributed by atoms with Gasteiger partial charge in [-0.15, -0.1) is 0 Å². The van der Waals surface area contributed by atoms with Crippen LogP contribution in [0.1, 0.15) is 28.4 Å². The van der Waals surface area contributed by atoms with Crippen LogP contribution in [-0.4, -0.2) is 5.11 Å². The molecule has 0 unspecified atom stereocenters. The van der Waals surface area contributed by atoms with Crippen molar-refractivity contribution in [2.24, 2.45) is 0 Å². The monoisotopic (exact) mass is 277 g/mol. The van der Waals surface area contributed by atoms with Gasteiger partial charge in [0.15, 0.2) is 0 Å². The molecule has 0 amide bonds. The molecule has 2 nitrogen and oxygen atoms in total. The van der Waals surface area contributed by atoms with Gasteiger partial charge in [0.2, 0.25) is 0 Å². The summed E-state index contributed by atoms with van der Waals surface area (Å²) in [5, 5.41) is 13.1. The number of hydrogen-bond donors (Lipinski definition) is 2. The number of hydrogen-bond acceptors (Lipinski definition) is 2. The molecule has 3 rings (SSSR count). The summed E-state index contributed by atoms with van der Waals surface area (Å²) in [5.41, 5.74) is 10.5. The van der Waals surface area contributed by atoms with Crippen LogP contribution in [0.3, 0.4) is 0 Å². The van der Waals surface area contributed by atoms with Crippen molar-refractivity contribution >= 4 is 16.5 Å². The third-order valence-electron chi connectivity index (χ3n) is 4.07. The van der Waals surface area contributed by atoms with Gasteiger partial charge in [-0.2, -0.15) is 0 Å². The van der Waals surface area contributed by atoms with Gasteiger partial charge in [0.1, 0.15) is 6.10 Å². The maximum Gasteiger partial charge on any atom is 0.105 e. The van der Waals surface area contributed by atoms with E-state index < -0.39 is 6.10 Å². The van der Waals surface area contributed by atoms with E-state index >= 15 is 0 Å². The minimum Gasteiger partial charge on any atom is -0.399 e. The Hall–Kier alpha value is -2.32. The predicted molar refractivity (Wildman–Crippen MR) is 88.3 cm³/mol. The maximum atomic E-state index is 10.8. The van der Waals surface area contributed by atoms with Crippen molar-refractivity contribution in [2.75, 3.05) is 5.73 Å². The van der Waals surface area contributed by atoms with Crippen molar-refractivity contribution in [2.45, 2.75) is 20.0 Å². The molecule has 0 saturated carbocycles. The minimum atomic E-state index is -0.643. The number of anilines is 1. The third kappa shape index (κ3) is 2.39. The van der Waals surface area contributed by atoms with Crippen LogP contribution < -0.4 is 5.73 Å². The van der Waals surface area contributed by atoms with Gasteiger partial charge in [0, 0.05) is 5.69 Å². The number of aliphatic hydroxyl groups excluding tert-OH is 1. The first-order valence-corrected chi connectivity index (χ1v) is 7.10. The maximum absolute atomic E-state index is 10.8.